The molecule has 136 valence electrons. The smallest absolute Gasteiger partial charge is 0.156 e. The first kappa shape index (κ1) is 18.3. The molecule has 0 radical (unpaired) electrons. The molecule has 4 nitrogen and oxygen atoms in total. The molecular formula is C21H28O4. The van der Waals surface area contributed by atoms with Crippen molar-refractivity contribution in [2.24, 2.45) is 11.3 Å². The summed E-state index contributed by atoms with van der Waals surface area (Å²) in [7, 11) is 1.61. The molecule has 4 heteroatoms. The van der Waals surface area contributed by atoms with Crippen molar-refractivity contribution in [2.75, 3.05) is 26.9 Å². The van der Waals surface area contributed by atoms with Gasteiger partial charge in [0.15, 0.2) is 5.78 Å². The highest BCUT2D eigenvalue weighted by Crippen LogP contribution is 2.47. The van der Waals surface area contributed by atoms with Crippen LogP contribution in [0.25, 0.3) is 0 Å². The van der Waals surface area contributed by atoms with E-state index >= 15 is 0 Å². The van der Waals surface area contributed by atoms with Gasteiger partial charge in [-0.05, 0) is 56.2 Å². The van der Waals surface area contributed by atoms with Crippen molar-refractivity contribution in [3.63, 3.8) is 0 Å². The quantitative estimate of drug-likeness (QED) is 0.769. The molecule has 2 fully saturated rings. The minimum Gasteiger partial charge on any atom is -0.384 e. The predicted molar refractivity (Wildman–Crippen MR) is 95.9 cm³/mol. The van der Waals surface area contributed by atoms with Crippen LogP contribution in [0.3, 0.4) is 0 Å². The molecule has 1 aliphatic heterocycles. The van der Waals surface area contributed by atoms with Gasteiger partial charge in [0.2, 0.25) is 0 Å². The van der Waals surface area contributed by atoms with E-state index in [1.807, 2.05) is 20.8 Å². The Morgan fingerprint density at radius 1 is 1.20 bits per heavy atom. The summed E-state index contributed by atoms with van der Waals surface area (Å²) in [6.45, 7) is 7.77. The van der Waals surface area contributed by atoms with Gasteiger partial charge in [0.1, 0.15) is 11.7 Å². The number of benzene rings is 1. The van der Waals surface area contributed by atoms with E-state index in [-0.39, 0.29) is 18.0 Å². The molecule has 3 rings (SSSR count). The average molecular weight is 344 g/mol. The fraction of sp³-hybridized carbons (Fsp3) is 0.619. The lowest BCUT2D eigenvalue weighted by Crippen LogP contribution is -2.35. The number of carbonyl (C=O) groups excluding carboxylic acids is 2. The van der Waals surface area contributed by atoms with Gasteiger partial charge in [0.05, 0.1) is 12.0 Å². The van der Waals surface area contributed by atoms with E-state index in [9.17, 15) is 9.59 Å². The largest absolute Gasteiger partial charge is 0.384 e. The Balaban J connectivity index is 1.97. The first-order valence-corrected chi connectivity index (χ1v) is 9.09. The van der Waals surface area contributed by atoms with Gasteiger partial charge >= 0.3 is 0 Å². The molecule has 25 heavy (non-hydrogen) atoms. The molecule has 3 unspecified atom stereocenters. The fourth-order valence-corrected chi connectivity index (χ4v) is 4.84. The topological polar surface area (TPSA) is 52.6 Å². The van der Waals surface area contributed by atoms with Crippen molar-refractivity contribution >= 4 is 11.6 Å². The Morgan fingerprint density at radius 3 is 2.44 bits per heavy atom. The van der Waals surface area contributed by atoms with E-state index < -0.39 is 11.3 Å². The van der Waals surface area contributed by atoms with E-state index in [1.54, 1.807) is 7.11 Å². The third-order valence-corrected chi connectivity index (χ3v) is 5.77. The molecule has 0 spiro atoms. The van der Waals surface area contributed by atoms with Crippen LogP contribution >= 0.6 is 0 Å². The first-order chi connectivity index (χ1) is 11.9. The minimum atomic E-state index is -0.696. The number of carbonyl (C=O) groups is 2. The zero-order valence-electron chi connectivity index (χ0n) is 15.7. The molecule has 2 aliphatic rings. The van der Waals surface area contributed by atoms with Crippen LogP contribution in [-0.2, 0) is 19.1 Å². The van der Waals surface area contributed by atoms with E-state index in [4.69, 9.17) is 9.47 Å². The van der Waals surface area contributed by atoms with Gasteiger partial charge in [-0.25, -0.2) is 0 Å². The Kier molecular flexibility index (Phi) is 5.12. The number of ketones is 2. The number of Topliss-reactive ketones (excluding diaryl/α,β-unsaturated/α-hetero) is 2. The second-order valence-electron chi connectivity index (χ2n) is 7.90. The van der Waals surface area contributed by atoms with Gasteiger partial charge in [-0.3, -0.25) is 9.59 Å². The molecule has 1 saturated carbocycles. The first-order valence-electron chi connectivity index (χ1n) is 9.09. The Morgan fingerprint density at radius 2 is 1.88 bits per heavy atom. The number of ether oxygens (including phenoxy) is 2. The van der Waals surface area contributed by atoms with Crippen LogP contribution in [0.4, 0.5) is 0 Å². The van der Waals surface area contributed by atoms with Crippen LogP contribution in [0.5, 0.6) is 0 Å². The SMILES string of the molecule is COCC1(CC2CCOC2)CC(=O)C(c2c(C)cc(C)cc2C)C1=O. The van der Waals surface area contributed by atoms with Crippen molar-refractivity contribution in [3.05, 3.63) is 34.4 Å². The van der Waals surface area contributed by atoms with Crippen LogP contribution in [0.2, 0.25) is 0 Å². The van der Waals surface area contributed by atoms with E-state index in [0.29, 0.717) is 25.6 Å². The monoisotopic (exact) mass is 344 g/mol. The van der Waals surface area contributed by atoms with Gasteiger partial charge in [0, 0.05) is 26.7 Å². The van der Waals surface area contributed by atoms with Gasteiger partial charge in [-0.15, -0.1) is 0 Å². The van der Waals surface area contributed by atoms with Gasteiger partial charge in [0.25, 0.3) is 0 Å². The maximum Gasteiger partial charge on any atom is 0.156 e. The lowest BCUT2D eigenvalue weighted by atomic mass is 9.75. The molecule has 3 atom stereocenters. The molecule has 0 aromatic heterocycles. The molecule has 0 amide bonds. The molecule has 0 N–H and O–H groups in total. The van der Waals surface area contributed by atoms with Crippen molar-refractivity contribution < 1.29 is 19.1 Å². The van der Waals surface area contributed by atoms with Crippen LogP contribution in [0.1, 0.15) is 47.4 Å². The predicted octanol–water partition coefficient (Wildman–Crippen LogP) is 3.30. The van der Waals surface area contributed by atoms with Crippen molar-refractivity contribution in [1.29, 1.82) is 0 Å². The van der Waals surface area contributed by atoms with Crippen molar-refractivity contribution in [2.45, 2.75) is 46.0 Å². The van der Waals surface area contributed by atoms with E-state index in [2.05, 4.69) is 12.1 Å². The molecule has 1 saturated heterocycles. The maximum atomic E-state index is 13.5. The Hall–Kier alpha value is -1.52. The van der Waals surface area contributed by atoms with Crippen molar-refractivity contribution in [1.82, 2.24) is 0 Å². The molecule has 0 bridgehead atoms. The van der Waals surface area contributed by atoms with Crippen LogP contribution in [0, 0.1) is 32.1 Å². The number of hydrogen-bond donors (Lipinski definition) is 0. The number of hydrogen-bond acceptors (Lipinski definition) is 4. The number of aryl methyl sites for hydroxylation is 3. The normalized spacial score (nSPS) is 29.6. The van der Waals surface area contributed by atoms with E-state index in [0.717, 1.165) is 35.3 Å². The Labute approximate surface area is 149 Å². The lowest BCUT2D eigenvalue weighted by Gasteiger charge is -2.29. The highest BCUT2D eigenvalue weighted by molar-refractivity contribution is 6.17. The summed E-state index contributed by atoms with van der Waals surface area (Å²) in [4.78, 5) is 26.4. The lowest BCUT2D eigenvalue weighted by molar-refractivity contribution is -0.131. The molecular weight excluding hydrogens is 316 g/mol. The summed E-state index contributed by atoms with van der Waals surface area (Å²) in [5.74, 6) is -0.221. The molecule has 1 heterocycles. The summed E-state index contributed by atoms with van der Waals surface area (Å²) in [5, 5.41) is 0. The third kappa shape index (κ3) is 3.30. The second-order valence-corrected chi connectivity index (χ2v) is 7.90. The Bertz CT molecular complexity index is 664. The summed E-state index contributed by atoms with van der Waals surface area (Å²) >= 11 is 0. The van der Waals surface area contributed by atoms with Gasteiger partial charge < -0.3 is 9.47 Å². The van der Waals surface area contributed by atoms with Gasteiger partial charge in [-0.2, -0.15) is 0 Å². The van der Waals surface area contributed by atoms with Crippen LogP contribution in [0.15, 0.2) is 12.1 Å². The summed E-state index contributed by atoms with van der Waals surface area (Å²) in [5.41, 5.74) is 3.42. The summed E-state index contributed by atoms with van der Waals surface area (Å²) < 4.78 is 10.9. The van der Waals surface area contributed by atoms with Gasteiger partial charge in [-0.1, -0.05) is 17.7 Å². The molecule has 1 aliphatic carbocycles. The minimum absolute atomic E-state index is 0.0380. The van der Waals surface area contributed by atoms with Crippen LogP contribution < -0.4 is 0 Å². The standard InChI is InChI=1S/C21H28O4/c1-13-7-14(2)18(15(3)8-13)19-17(22)10-21(12-24-4,20(19)23)9-16-5-6-25-11-16/h7-8,16,19H,5-6,9-12H2,1-4H3. The zero-order valence-corrected chi connectivity index (χ0v) is 15.7. The second kappa shape index (κ2) is 7.00. The van der Waals surface area contributed by atoms with Crippen LogP contribution in [-0.4, -0.2) is 38.5 Å². The summed E-state index contributed by atoms with van der Waals surface area (Å²) in [6, 6.07) is 4.12. The van der Waals surface area contributed by atoms with E-state index in [1.165, 1.54) is 0 Å². The number of rotatable bonds is 5. The molecule has 1 aromatic rings. The number of methoxy groups -OCH3 is 1. The fourth-order valence-electron chi connectivity index (χ4n) is 4.84. The summed E-state index contributed by atoms with van der Waals surface area (Å²) in [6.07, 6.45) is 1.93. The maximum absolute atomic E-state index is 13.5. The average Bonchev–Trinajstić information content (AvgIpc) is 3.09. The third-order valence-electron chi connectivity index (χ3n) is 5.77. The highest BCUT2D eigenvalue weighted by atomic mass is 16.5. The molecule has 1 aromatic carbocycles. The highest BCUT2D eigenvalue weighted by Gasteiger charge is 2.54. The van der Waals surface area contributed by atoms with Crippen molar-refractivity contribution in [3.8, 4) is 0 Å². The zero-order chi connectivity index (χ0) is 18.2.